The summed E-state index contributed by atoms with van der Waals surface area (Å²) >= 11 is 3.50. The molecule has 1 aliphatic carbocycles. The second kappa shape index (κ2) is 10.7. The van der Waals surface area contributed by atoms with E-state index in [4.69, 9.17) is 4.74 Å². The van der Waals surface area contributed by atoms with E-state index < -0.39 is 5.92 Å². The molecular weight excluding hydrogens is 514 g/mol. The van der Waals surface area contributed by atoms with Gasteiger partial charge in [-0.2, -0.15) is 0 Å². The van der Waals surface area contributed by atoms with Gasteiger partial charge in [0.05, 0.1) is 12.2 Å². The molecule has 3 aromatic rings. The molecule has 0 fully saturated rings. The first kappa shape index (κ1) is 24.3. The Bertz CT molecular complexity index is 1330. The zero-order valence-electron chi connectivity index (χ0n) is 20.2. The molecule has 0 amide bonds. The molecule has 4 nitrogen and oxygen atoms in total. The van der Waals surface area contributed by atoms with E-state index in [2.05, 4.69) is 33.4 Å². The fourth-order valence-electron chi connectivity index (χ4n) is 5.24. The van der Waals surface area contributed by atoms with E-state index >= 15 is 0 Å². The number of dihydropyridines is 1. The Hall–Kier alpha value is -3.44. The van der Waals surface area contributed by atoms with Gasteiger partial charge in [-0.3, -0.25) is 4.79 Å². The Morgan fingerprint density at radius 3 is 2.28 bits per heavy atom. The largest absolute Gasteiger partial charge is 0.462 e. The van der Waals surface area contributed by atoms with E-state index in [0.29, 0.717) is 24.0 Å². The number of Topliss-reactive ketones (excluding diaryl/α,β-unsaturated/α-hetero) is 1. The maximum atomic E-state index is 13.7. The van der Waals surface area contributed by atoms with Crippen LogP contribution in [0.4, 0.5) is 0 Å². The van der Waals surface area contributed by atoms with Crippen molar-refractivity contribution >= 4 is 27.7 Å². The Balaban J connectivity index is 1.46. The second-order valence-electron chi connectivity index (χ2n) is 9.35. The number of ether oxygens (including phenoxy) is 1. The quantitative estimate of drug-likeness (QED) is 0.357. The molecule has 5 rings (SSSR count). The number of carbonyl (C=O) groups excluding carboxylic acids is 2. The highest BCUT2D eigenvalue weighted by molar-refractivity contribution is 9.10. The zero-order chi connectivity index (χ0) is 25.1. The lowest BCUT2D eigenvalue weighted by atomic mass is 9.72. The highest BCUT2D eigenvalue weighted by atomic mass is 79.9. The molecule has 0 spiro atoms. The molecule has 0 saturated heterocycles. The molecule has 1 aliphatic heterocycles. The van der Waals surface area contributed by atoms with Gasteiger partial charge in [0.1, 0.15) is 0 Å². The van der Waals surface area contributed by atoms with Crippen LogP contribution in [0.2, 0.25) is 0 Å². The Morgan fingerprint density at radius 1 is 0.917 bits per heavy atom. The van der Waals surface area contributed by atoms with Crippen molar-refractivity contribution in [2.45, 2.75) is 38.0 Å². The molecule has 0 radical (unpaired) electrons. The van der Waals surface area contributed by atoms with Crippen LogP contribution in [0.15, 0.2) is 112 Å². The van der Waals surface area contributed by atoms with Gasteiger partial charge in [0.15, 0.2) is 5.78 Å². The van der Waals surface area contributed by atoms with Crippen molar-refractivity contribution in [3.8, 4) is 0 Å². The summed E-state index contributed by atoms with van der Waals surface area (Å²) in [6, 6.07) is 28.0. The monoisotopic (exact) mass is 541 g/mol. The molecule has 2 aliphatic rings. The van der Waals surface area contributed by atoms with Crippen molar-refractivity contribution in [1.29, 1.82) is 0 Å². The van der Waals surface area contributed by atoms with Crippen LogP contribution in [0.1, 0.15) is 48.3 Å². The normalized spacial score (nSPS) is 19.6. The predicted octanol–water partition coefficient (Wildman–Crippen LogP) is 6.60. The van der Waals surface area contributed by atoms with Gasteiger partial charge in [-0.15, -0.1) is 0 Å². The van der Waals surface area contributed by atoms with E-state index in [0.717, 1.165) is 39.0 Å². The molecular formula is C31H28BrNO3. The molecule has 182 valence electrons. The van der Waals surface area contributed by atoms with Crippen molar-refractivity contribution in [2.24, 2.45) is 0 Å². The first-order valence-corrected chi connectivity index (χ1v) is 13.1. The molecule has 3 aromatic carbocycles. The summed E-state index contributed by atoms with van der Waals surface area (Å²) in [6.07, 6.45) is 1.79. The molecule has 0 bridgehead atoms. The van der Waals surface area contributed by atoms with Gasteiger partial charge in [0, 0.05) is 40.2 Å². The van der Waals surface area contributed by atoms with Crippen LogP contribution in [0.25, 0.3) is 0 Å². The van der Waals surface area contributed by atoms with Gasteiger partial charge < -0.3 is 10.1 Å². The lowest BCUT2D eigenvalue weighted by molar-refractivity contribution is -0.139. The minimum Gasteiger partial charge on any atom is -0.462 e. The Morgan fingerprint density at radius 2 is 1.58 bits per heavy atom. The number of esters is 1. The molecule has 1 N–H and O–H groups in total. The van der Waals surface area contributed by atoms with Crippen molar-refractivity contribution in [2.75, 3.05) is 6.61 Å². The minimum absolute atomic E-state index is 0.0765. The summed E-state index contributed by atoms with van der Waals surface area (Å²) in [5, 5.41) is 3.43. The number of nitrogens with one attached hydrogen (secondary N) is 1. The number of carbonyl (C=O) groups is 2. The third kappa shape index (κ3) is 5.07. The summed E-state index contributed by atoms with van der Waals surface area (Å²) in [7, 11) is 0. The van der Waals surface area contributed by atoms with Crippen LogP contribution in [0.5, 0.6) is 0 Å². The average molecular weight is 542 g/mol. The average Bonchev–Trinajstić information content (AvgIpc) is 2.89. The first-order valence-electron chi connectivity index (χ1n) is 12.3. The van der Waals surface area contributed by atoms with Crippen LogP contribution in [0, 0.1) is 0 Å². The maximum absolute atomic E-state index is 13.7. The molecule has 0 saturated carbocycles. The van der Waals surface area contributed by atoms with E-state index in [1.807, 2.05) is 79.7 Å². The number of rotatable bonds is 6. The predicted molar refractivity (Wildman–Crippen MR) is 144 cm³/mol. The summed E-state index contributed by atoms with van der Waals surface area (Å²) in [5.74, 6) is -0.647. The zero-order valence-corrected chi connectivity index (χ0v) is 21.8. The molecule has 5 heteroatoms. The van der Waals surface area contributed by atoms with Gasteiger partial charge in [-0.05, 0) is 48.1 Å². The number of hydrogen-bond donors (Lipinski definition) is 1. The van der Waals surface area contributed by atoms with Gasteiger partial charge in [-0.1, -0.05) is 88.7 Å². The summed E-state index contributed by atoms with van der Waals surface area (Å²) < 4.78 is 6.70. The van der Waals surface area contributed by atoms with Gasteiger partial charge in [0.25, 0.3) is 0 Å². The molecule has 0 aromatic heterocycles. The Kier molecular flexibility index (Phi) is 7.19. The van der Waals surface area contributed by atoms with E-state index in [-0.39, 0.29) is 24.3 Å². The van der Waals surface area contributed by atoms with Gasteiger partial charge >= 0.3 is 5.97 Å². The molecule has 2 atom stereocenters. The van der Waals surface area contributed by atoms with Crippen molar-refractivity contribution < 1.29 is 14.3 Å². The van der Waals surface area contributed by atoms with Crippen LogP contribution in [-0.2, 0) is 20.7 Å². The molecule has 0 unspecified atom stereocenters. The lowest BCUT2D eigenvalue weighted by Gasteiger charge is -2.36. The first-order chi connectivity index (χ1) is 17.5. The van der Waals surface area contributed by atoms with Crippen LogP contribution in [-0.4, -0.2) is 18.4 Å². The number of allylic oxidation sites excluding steroid dienone is 3. The fourth-order valence-corrected chi connectivity index (χ4v) is 5.51. The van der Waals surface area contributed by atoms with Crippen LogP contribution in [0.3, 0.4) is 0 Å². The van der Waals surface area contributed by atoms with E-state index in [1.165, 1.54) is 0 Å². The van der Waals surface area contributed by atoms with Crippen molar-refractivity contribution in [3.63, 3.8) is 0 Å². The molecule has 1 heterocycles. The third-order valence-electron chi connectivity index (χ3n) is 6.99. The third-order valence-corrected chi connectivity index (χ3v) is 7.52. The summed E-state index contributed by atoms with van der Waals surface area (Å²) in [4.78, 5) is 27.1. The SMILES string of the molecule is CC1=C(C(=O)OCCc2ccccc2)[C@@H](c2ccc(Br)cc2)C2=C(C[C@H](c3ccccc3)CC2=O)N1. The topological polar surface area (TPSA) is 55.4 Å². The standard InChI is InChI=1S/C31H28BrNO3/c1-20-28(31(35)36-17-16-21-8-4-2-5-9-21)29(23-12-14-25(32)15-13-23)30-26(33-20)18-24(19-27(30)34)22-10-6-3-7-11-22/h2-15,24,29,33H,16-19H2,1H3/t24-,29+/m0/s1. The van der Waals surface area contributed by atoms with E-state index in [1.54, 1.807) is 0 Å². The van der Waals surface area contributed by atoms with Gasteiger partial charge in [0.2, 0.25) is 0 Å². The highest BCUT2D eigenvalue weighted by Gasteiger charge is 2.41. The highest BCUT2D eigenvalue weighted by Crippen LogP contribution is 2.45. The summed E-state index contributed by atoms with van der Waals surface area (Å²) in [6.45, 7) is 2.18. The van der Waals surface area contributed by atoms with Crippen molar-refractivity contribution in [1.82, 2.24) is 5.32 Å². The second-order valence-corrected chi connectivity index (χ2v) is 10.3. The maximum Gasteiger partial charge on any atom is 0.336 e. The van der Waals surface area contributed by atoms with Crippen LogP contribution < -0.4 is 5.32 Å². The van der Waals surface area contributed by atoms with E-state index in [9.17, 15) is 9.59 Å². The minimum atomic E-state index is -0.456. The number of halogens is 1. The smallest absolute Gasteiger partial charge is 0.336 e. The number of ketones is 1. The molecule has 36 heavy (non-hydrogen) atoms. The number of benzene rings is 3. The fraction of sp³-hybridized carbons (Fsp3) is 0.226. The number of hydrogen-bond acceptors (Lipinski definition) is 4. The van der Waals surface area contributed by atoms with Crippen LogP contribution >= 0.6 is 15.9 Å². The van der Waals surface area contributed by atoms with Gasteiger partial charge in [-0.25, -0.2) is 4.79 Å². The Labute approximate surface area is 220 Å². The lowest BCUT2D eigenvalue weighted by Crippen LogP contribution is -2.36. The van der Waals surface area contributed by atoms with Crippen molar-refractivity contribution in [3.05, 3.63) is 129 Å². The summed E-state index contributed by atoms with van der Waals surface area (Å²) in [5.41, 5.74) is 6.03.